The number of nitrogens with zero attached hydrogens (tertiary/aromatic N) is 1. The molecule has 108 valence electrons. The van der Waals surface area contributed by atoms with Gasteiger partial charge in [0.15, 0.2) is 5.13 Å². The molecule has 21 heavy (non-hydrogen) atoms. The van der Waals surface area contributed by atoms with Crippen LogP contribution in [0.25, 0.3) is 10.2 Å². The zero-order valence-corrected chi connectivity index (χ0v) is 13.5. The van der Waals surface area contributed by atoms with E-state index in [1.54, 1.807) is 18.4 Å². The number of hydrogen-bond donors (Lipinski definition) is 1. The first-order valence-corrected chi connectivity index (χ1v) is 7.86. The van der Waals surface area contributed by atoms with Gasteiger partial charge < -0.3 is 10.1 Å². The van der Waals surface area contributed by atoms with Gasteiger partial charge in [-0.1, -0.05) is 40.6 Å². The van der Waals surface area contributed by atoms with Gasteiger partial charge in [0.25, 0.3) is 0 Å². The first-order chi connectivity index (χ1) is 10.2. The van der Waals surface area contributed by atoms with Crippen LogP contribution in [0.5, 0.6) is 5.75 Å². The van der Waals surface area contributed by atoms with Crippen molar-refractivity contribution in [2.24, 2.45) is 0 Å². The molecule has 0 radical (unpaired) electrons. The monoisotopic (exact) mass is 338 g/mol. The molecular weight excluding hydrogens is 327 g/mol. The second kappa shape index (κ2) is 6.10. The van der Waals surface area contributed by atoms with Crippen LogP contribution in [-0.2, 0) is 6.54 Å². The predicted octanol–water partition coefficient (Wildman–Crippen LogP) is 5.22. The van der Waals surface area contributed by atoms with E-state index in [0.717, 1.165) is 26.7 Å². The molecule has 0 saturated heterocycles. The summed E-state index contributed by atoms with van der Waals surface area (Å²) in [5.74, 6) is 0.763. The minimum absolute atomic E-state index is 0.552. The summed E-state index contributed by atoms with van der Waals surface area (Å²) in [6.07, 6.45) is 0. The van der Waals surface area contributed by atoms with Crippen molar-refractivity contribution in [3.8, 4) is 5.75 Å². The fraction of sp³-hybridized carbons (Fsp3) is 0.133. The highest BCUT2D eigenvalue weighted by Gasteiger charge is 2.09. The van der Waals surface area contributed by atoms with Crippen molar-refractivity contribution in [3.63, 3.8) is 0 Å². The van der Waals surface area contributed by atoms with E-state index in [0.29, 0.717) is 16.6 Å². The lowest BCUT2D eigenvalue weighted by molar-refractivity contribution is 0.410. The Morgan fingerprint density at radius 1 is 1.24 bits per heavy atom. The largest absolute Gasteiger partial charge is 0.496 e. The SMILES string of the molecule is COc1cccc(Cl)c1CNc1nc2cc(Cl)ccc2s1. The van der Waals surface area contributed by atoms with Crippen LogP contribution in [0, 0.1) is 0 Å². The molecule has 0 spiro atoms. The van der Waals surface area contributed by atoms with Gasteiger partial charge in [0, 0.05) is 22.2 Å². The van der Waals surface area contributed by atoms with Crippen LogP contribution in [0.15, 0.2) is 36.4 Å². The Balaban J connectivity index is 1.83. The summed E-state index contributed by atoms with van der Waals surface area (Å²) in [6, 6.07) is 11.3. The third-order valence-corrected chi connectivity index (χ3v) is 4.65. The number of hydrogen-bond acceptors (Lipinski definition) is 4. The average molecular weight is 339 g/mol. The number of aromatic nitrogens is 1. The number of halogens is 2. The van der Waals surface area contributed by atoms with Crippen molar-refractivity contribution >= 4 is 49.9 Å². The maximum atomic E-state index is 6.22. The summed E-state index contributed by atoms with van der Waals surface area (Å²) in [7, 11) is 1.63. The summed E-state index contributed by atoms with van der Waals surface area (Å²) in [5.41, 5.74) is 1.81. The molecule has 1 N–H and O–H groups in total. The highest BCUT2D eigenvalue weighted by molar-refractivity contribution is 7.22. The molecule has 0 fully saturated rings. The molecule has 3 aromatic rings. The summed E-state index contributed by atoms with van der Waals surface area (Å²) < 4.78 is 6.42. The zero-order chi connectivity index (χ0) is 14.8. The van der Waals surface area contributed by atoms with E-state index >= 15 is 0 Å². The van der Waals surface area contributed by atoms with Crippen LogP contribution in [-0.4, -0.2) is 12.1 Å². The second-order valence-electron chi connectivity index (χ2n) is 4.41. The number of nitrogens with one attached hydrogen (secondary N) is 1. The van der Waals surface area contributed by atoms with E-state index in [1.165, 1.54) is 0 Å². The second-order valence-corrected chi connectivity index (χ2v) is 6.28. The van der Waals surface area contributed by atoms with Crippen molar-refractivity contribution < 1.29 is 4.74 Å². The summed E-state index contributed by atoms with van der Waals surface area (Å²) in [5, 5.41) is 5.47. The number of ether oxygens (including phenoxy) is 1. The molecule has 3 rings (SSSR count). The zero-order valence-electron chi connectivity index (χ0n) is 11.2. The molecule has 0 aliphatic rings. The van der Waals surface area contributed by atoms with Gasteiger partial charge in [0.1, 0.15) is 5.75 Å². The van der Waals surface area contributed by atoms with Crippen LogP contribution >= 0.6 is 34.5 Å². The fourth-order valence-electron chi connectivity index (χ4n) is 2.04. The van der Waals surface area contributed by atoms with Crippen LogP contribution in [0.2, 0.25) is 10.0 Å². The maximum Gasteiger partial charge on any atom is 0.184 e. The number of benzene rings is 2. The van der Waals surface area contributed by atoms with Gasteiger partial charge in [-0.15, -0.1) is 0 Å². The molecule has 0 aliphatic heterocycles. The number of thiazole rings is 1. The van der Waals surface area contributed by atoms with E-state index < -0.39 is 0 Å². The van der Waals surface area contributed by atoms with Gasteiger partial charge in [-0.25, -0.2) is 4.98 Å². The third kappa shape index (κ3) is 3.07. The quantitative estimate of drug-likeness (QED) is 0.707. The molecule has 1 aromatic heterocycles. The predicted molar refractivity (Wildman–Crippen MR) is 90.0 cm³/mol. The maximum absolute atomic E-state index is 6.22. The molecule has 2 aromatic carbocycles. The average Bonchev–Trinajstić information content (AvgIpc) is 2.87. The molecule has 0 amide bonds. The molecule has 0 unspecified atom stereocenters. The summed E-state index contributed by atoms with van der Waals surface area (Å²) in [6.45, 7) is 0.552. The molecule has 3 nitrogen and oxygen atoms in total. The van der Waals surface area contributed by atoms with Gasteiger partial charge in [0.2, 0.25) is 0 Å². The Bertz CT molecular complexity index is 788. The minimum Gasteiger partial charge on any atom is -0.496 e. The summed E-state index contributed by atoms with van der Waals surface area (Å²) in [4.78, 5) is 4.51. The Morgan fingerprint density at radius 2 is 2.10 bits per heavy atom. The molecular formula is C15H12Cl2N2OS. The summed E-state index contributed by atoms with van der Waals surface area (Å²) >= 11 is 13.8. The van der Waals surface area contributed by atoms with Gasteiger partial charge in [-0.05, 0) is 30.3 Å². The molecule has 0 saturated carbocycles. The van der Waals surface area contributed by atoms with Gasteiger partial charge >= 0.3 is 0 Å². The normalized spacial score (nSPS) is 10.8. The van der Waals surface area contributed by atoms with Gasteiger partial charge in [-0.2, -0.15) is 0 Å². The molecule has 0 aliphatic carbocycles. The number of anilines is 1. The van der Waals surface area contributed by atoms with Crippen molar-refractivity contribution in [2.45, 2.75) is 6.54 Å². The molecule has 0 bridgehead atoms. The minimum atomic E-state index is 0.552. The molecule has 0 atom stereocenters. The van der Waals surface area contributed by atoms with Crippen molar-refractivity contribution in [1.29, 1.82) is 0 Å². The van der Waals surface area contributed by atoms with E-state index in [1.807, 2.05) is 36.4 Å². The standard InChI is InChI=1S/C15H12Cl2N2OS/c1-20-13-4-2-3-11(17)10(13)8-18-15-19-12-7-9(16)5-6-14(12)21-15/h2-7H,8H2,1H3,(H,18,19). The number of fused-ring (bicyclic) bond motifs is 1. The molecule has 6 heteroatoms. The highest BCUT2D eigenvalue weighted by Crippen LogP contribution is 2.30. The van der Waals surface area contributed by atoms with E-state index in [4.69, 9.17) is 27.9 Å². The van der Waals surface area contributed by atoms with Crippen molar-refractivity contribution in [2.75, 3.05) is 12.4 Å². The van der Waals surface area contributed by atoms with Crippen LogP contribution in [0.4, 0.5) is 5.13 Å². The van der Waals surface area contributed by atoms with Crippen LogP contribution in [0.1, 0.15) is 5.56 Å². The van der Waals surface area contributed by atoms with Crippen LogP contribution < -0.4 is 10.1 Å². The van der Waals surface area contributed by atoms with E-state index in [-0.39, 0.29) is 0 Å². The van der Waals surface area contributed by atoms with E-state index in [2.05, 4.69) is 10.3 Å². The fourth-order valence-corrected chi connectivity index (χ4v) is 3.28. The van der Waals surface area contributed by atoms with Crippen molar-refractivity contribution in [1.82, 2.24) is 4.98 Å². The van der Waals surface area contributed by atoms with Crippen LogP contribution in [0.3, 0.4) is 0 Å². The Morgan fingerprint density at radius 3 is 2.90 bits per heavy atom. The smallest absolute Gasteiger partial charge is 0.184 e. The Labute approximate surface area is 136 Å². The number of rotatable bonds is 4. The highest BCUT2D eigenvalue weighted by atomic mass is 35.5. The number of methoxy groups -OCH3 is 1. The van der Waals surface area contributed by atoms with E-state index in [9.17, 15) is 0 Å². The lowest BCUT2D eigenvalue weighted by Crippen LogP contribution is -2.02. The molecule has 1 heterocycles. The van der Waals surface area contributed by atoms with Gasteiger partial charge in [-0.3, -0.25) is 0 Å². The first-order valence-electron chi connectivity index (χ1n) is 6.28. The Hall–Kier alpha value is -1.49. The lowest BCUT2D eigenvalue weighted by atomic mass is 10.2. The third-order valence-electron chi connectivity index (χ3n) is 3.06. The van der Waals surface area contributed by atoms with Crippen molar-refractivity contribution in [3.05, 3.63) is 52.0 Å². The first kappa shape index (κ1) is 14.4. The Kier molecular flexibility index (Phi) is 4.19. The van der Waals surface area contributed by atoms with Gasteiger partial charge in [0.05, 0.1) is 17.3 Å². The lowest BCUT2D eigenvalue weighted by Gasteiger charge is -2.10. The topological polar surface area (TPSA) is 34.1 Å².